The van der Waals surface area contributed by atoms with E-state index in [9.17, 15) is 10.1 Å². The summed E-state index contributed by atoms with van der Waals surface area (Å²) >= 11 is 1.59. The van der Waals surface area contributed by atoms with E-state index in [0.717, 1.165) is 24.1 Å². The number of nitriles is 1. The Morgan fingerprint density at radius 3 is 2.80 bits per heavy atom. The number of nitrogens with one attached hydrogen (secondary N) is 1. The summed E-state index contributed by atoms with van der Waals surface area (Å²) in [5.41, 5.74) is 0.199. The first kappa shape index (κ1) is 14.8. The summed E-state index contributed by atoms with van der Waals surface area (Å²) in [6.45, 7) is 4.18. The van der Waals surface area contributed by atoms with Crippen molar-refractivity contribution in [2.45, 2.75) is 45.6 Å². The van der Waals surface area contributed by atoms with Crippen LogP contribution < -0.4 is 5.32 Å². The molecule has 1 fully saturated rings. The van der Waals surface area contributed by atoms with E-state index in [0.29, 0.717) is 5.92 Å². The Hall–Kier alpha value is -1.60. The lowest BCUT2D eigenvalue weighted by Gasteiger charge is -2.29. The monoisotopic (exact) mass is 288 g/mol. The number of nitrogens with zero attached hydrogens (tertiary/aromatic N) is 1. The summed E-state index contributed by atoms with van der Waals surface area (Å²) < 4.78 is 0. The lowest BCUT2D eigenvalue weighted by Crippen LogP contribution is -2.41. The lowest BCUT2D eigenvalue weighted by atomic mass is 9.86. The lowest BCUT2D eigenvalue weighted by molar-refractivity contribution is -0.118. The van der Waals surface area contributed by atoms with E-state index in [1.165, 1.54) is 11.3 Å². The zero-order valence-corrected chi connectivity index (χ0v) is 12.8. The van der Waals surface area contributed by atoms with Gasteiger partial charge in [0, 0.05) is 15.8 Å². The van der Waals surface area contributed by atoms with Gasteiger partial charge in [-0.3, -0.25) is 4.79 Å². The van der Waals surface area contributed by atoms with Gasteiger partial charge >= 0.3 is 0 Å². The first-order chi connectivity index (χ1) is 9.60. The predicted molar refractivity (Wildman–Crippen MR) is 82.2 cm³/mol. The van der Waals surface area contributed by atoms with Gasteiger partial charge < -0.3 is 5.32 Å². The molecule has 3 nitrogen and oxygen atoms in total. The SMILES string of the molecule is Cc1ccc(/C=C(\C#N)C(=O)N[C@@H]2CCCC[C@H]2C)s1. The average molecular weight is 288 g/mol. The number of hydrogen-bond donors (Lipinski definition) is 1. The average Bonchev–Trinajstić information content (AvgIpc) is 2.84. The third-order valence-corrected chi connectivity index (χ3v) is 4.79. The number of thiophene rings is 1. The van der Waals surface area contributed by atoms with Crippen molar-refractivity contribution in [1.82, 2.24) is 5.32 Å². The Morgan fingerprint density at radius 2 is 2.20 bits per heavy atom. The van der Waals surface area contributed by atoms with Gasteiger partial charge in [-0.05, 0) is 43.9 Å². The second-order valence-corrected chi connectivity index (χ2v) is 6.78. The van der Waals surface area contributed by atoms with Crippen LogP contribution in [0.15, 0.2) is 17.7 Å². The fourth-order valence-electron chi connectivity index (χ4n) is 2.60. The minimum absolute atomic E-state index is 0.199. The minimum atomic E-state index is -0.239. The minimum Gasteiger partial charge on any atom is -0.348 e. The van der Waals surface area contributed by atoms with E-state index in [4.69, 9.17) is 0 Å². The highest BCUT2D eigenvalue weighted by molar-refractivity contribution is 7.12. The van der Waals surface area contributed by atoms with Gasteiger partial charge in [0.15, 0.2) is 0 Å². The van der Waals surface area contributed by atoms with Crippen molar-refractivity contribution in [3.05, 3.63) is 27.5 Å². The fraction of sp³-hybridized carbons (Fsp3) is 0.500. The summed E-state index contributed by atoms with van der Waals surface area (Å²) in [5, 5.41) is 12.2. The van der Waals surface area contributed by atoms with Crippen LogP contribution in [0.25, 0.3) is 6.08 Å². The van der Waals surface area contributed by atoms with Crippen LogP contribution >= 0.6 is 11.3 Å². The molecular weight excluding hydrogens is 268 g/mol. The highest BCUT2D eigenvalue weighted by Crippen LogP contribution is 2.24. The van der Waals surface area contributed by atoms with Crippen LogP contribution in [0.1, 0.15) is 42.4 Å². The Kier molecular flexibility index (Phi) is 4.97. The summed E-state index contributed by atoms with van der Waals surface area (Å²) in [5.74, 6) is 0.258. The van der Waals surface area contributed by atoms with Crippen molar-refractivity contribution >= 4 is 23.3 Å². The highest BCUT2D eigenvalue weighted by Gasteiger charge is 2.24. The van der Waals surface area contributed by atoms with Gasteiger partial charge in [0.05, 0.1) is 0 Å². The summed E-state index contributed by atoms with van der Waals surface area (Å²) in [4.78, 5) is 14.3. The van der Waals surface area contributed by atoms with Gasteiger partial charge in [0.1, 0.15) is 11.6 Å². The van der Waals surface area contributed by atoms with Gasteiger partial charge in [-0.2, -0.15) is 5.26 Å². The third kappa shape index (κ3) is 3.71. The van der Waals surface area contributed by atoms with Crippen molar-refractivity contribution in [2.24, 2.45) is 5.92 Å². The van der Waals surface area contributed by atoms with Crippen LogP contribution in [0.5, 0.6) is 0 Å². The molecule has 0 radical (unpaired) electrons. The van der Waals surface area contributed by atoms with Gasteiger partial charge in [-0.1, -0.05) is 19.8 Å². The zero-order chi connectivity index (χ0) is 14.5. The smallest absolute Gasteiger partial charge is 0.262 e. The first-order valence-corrected chi connectivity index (χ1v) is 7.91. The molecule has 0 unspecified atom stereocenters. The molecule has 1 amide bonds. The predicted octanol–water partition coefficient (Wildman–Crippen LogP) is 3.66. The molecule has 2 rings (SSSR count). The van der Waals surface area contributed by atoms with Gasteiger partial charge in [0.25, 0.3) is 5.91 Å². The molecule has 4 heteroatoms. The van der Waals surface area contributed by atoms with Crippen molar-refractivity contribution in [1.29, 1.82) is 5.26 Å². The van der Waals surface area contributed by atoms with E-state index in [2.05, 4.69) is 12.2 Å². The summed E-state index contributed by atoms with van der Waals surface area (Å²) in [6.07, 6.45) is 6.25. The number of amides is 1. The maximum atomic E-state index is 12.2. The van der Waals surface area contributed by atoms with E-state index in [1.807, 2.05) is 25.1 Å². The number of carbonyl (C=O) groups excluding carboxylic acids is 1. The maximum absolute atomic E-state index is 12.2. The molecule has 2 atom stereocenters. The van der Waals surface area contributed by atoms with Crippen LogP contribution in [0.4, 0.5) is 0 Å². The molecule has 0 spiro atoms. The molecule has 1 aliphatic carbocycles. The quantitative estimate of drug-likeness (QED) is 0.681. The molecule has 1 aliphatic rings. The number of rotatable bonds is 3. The highest BCUT2D eigenvalue weighted by atomic mass is 32.1. The van der Waals surface area contributed by atoms with Crippen molar-refractivity contribution in [3.8, 4) is 6.07 Å². The van der Waals surface area contributed by atoms with Crippen LogP contribution in [-0.2, 0) is 4.79 Å². The van der Waals surface area contributed by atoms with Crippen LogP contribution in [-0.4, -0.2) is 11.9 Å². The van der Waals surface area contributed by atoms with Crippen molar-refractivity contribution < 1.29 is 4.79 Å². The second-order valence-electron chi connectivity index (χ2n) is 5.46. The molecule has 1 N–H and O–H groups in total. The van der Waals surface area contributed by atoms with Gasteiger partial charge in [-0.15, -0.1) is 11.3 Å². The van der Waals surface area contributed by atoms with E-state index in [1.54, 1.807) is 17.4 Å². The molecule has 20 heavy (non-hydrogen) atoms. The molecule has 0 bridgehead atoms. The fourth-order valence-corrected chi connectivity index (χ4v) is 3.42. The Bertz CT molecular complexity index is 553. The topological polar surface area (TPSA) is 52.9 Å². The van der Waals surface area contributed by atoms with Crippen LogP contribution in [0, 0.1) is 24.2 Å². The second kappa shape index (κ2) is 6.71. The van der Waals surface area contributed by atoms with Gasteiger partial charge in [-0.25, -0.2) is 0 Å². The molecule has 0 aliphatic heterocycles. The summed E-state index contributed by atoms with van der Waals surface area (Å²) in [6, 6.07) is 6.16. The molecule has 1 saturated carbocycles. The number of carbonyl (C=O) groups is 1. The van der Waals surface area contributed by atoms with Crippen molar-refractivity contribution in [2.75, 3.05) is 0 Å². The summed E-state index contributed by atoms with van der Waals surface area (Å²) in [7, 11) is 0. The van der Waals surface area contributed by atoms with Crippen LogP contribution in [0.3, 0.4) is 0 Å². The maximum Gasteiger partial charge on any atom is 0.262 e. The largest absolute Gasteiger partial charge is 0.348 e. The standard InChI is InChI=1S/C16H20N2OS/c1-11-5-3-4-6-15(11)18-16(19)13(10-17)9-14-8-7-12(2)20-14/h7-9,11,15H,3-6H2,1-2H3,(H,18,19)/b13-9+/t11-,15-/m1/s1. The van der Waals surface area contributed by atoms with Crippen molar-refractivity contribution in [3.63, 3.8) is 0 Å². The number of hydrogen-bond acceptors (Lipinski definition) is 3. The molecule has 1 heterocycles. The van der Waals surface area contributed by atoms with E-state index < -0.39 is 0 Å². The van der Waals surface area contributed by atoms with E-state index >= 15 is 0 Å². The van der Waals surface area contributed by atoms with Gasteiger partial charge in [0.2, 0.25) is 0 Å². The van der Waals surface area contributed by atoms with Crippen LogP contribution in [0.2, 0.25) is 0 Å². The molecular formula is C16H20N2OS. The zero-order valence-electron chi connectivity index (χ0n) is 12.0. The Balaban J connectivity index is 2.06. The third-order valence-electron chi connectivity index (χ3n) is 3.84. The number of aryl methyl sites for hydroxylation is 1. The molecule has 106 valence electrons. The normalized spacial score (nSPS) is 23.1. The first-order valence-electron chi connectivity index (χ1n) is 7.09. The Labute approximate surface area is 124 Å². The molecule has 1 aromatic rings. The molecule has 0 saturated heterocycles. The molecule has 0 aromatic carbocycles. The Morgan fingerprint density at radius 1 is 1.45 bits per heavy atom. The van der Waals surface area contributed by atoms with E-state index in [-0.39, 0.29) is 17.5 Å². The molecule has 1 aromatic heterocycles.